The average Bonchev–Trinajstić information content (AvgIpc) is 3.48. The number of carbonyl (C=O) groups is 2. The van der Waals surface area contributed by atoms with Gasteiger partial charge in [-0.15, -0.1) is 23.5 Å². The number of halogens is 1. The highest BCUT2D eigenvalue weighted by molar-refractivity contribution is 8.16. The van der Waals surface area contributed by atoms with Crippen molar-refractivity contribution in [3.8, 4) is 0 Å². The van der Waals surface area contributed by atoms with E-state index in [1.54, 1.807) is 42.5 Å². The molecule has 2 atom stereocenters. The zero-order valence-electron chi connectivity index (χ0n) is 23.0. The number of ether oxygens (including phenoxy) is 1. The van der Waals surface area contributed by atoms with Gasteiger partial charge in [-0.05, 0) is 60.9 Å². The maximum Gasteiger partial charge on any atom is 0.306 e. The van der Waals surface area contributed by atoms with Gasteiger partial charge in [0.25, 0.3) is 0 Å². The molecule has 0 saturated carbocycles. The number of nitrogens with one attached hydrogen (secondary N) is 1. The third-order valence-electron chi connectivity index (χ3n) is 6.57. The van der Waals surface area contributed by atoms with Crippen LogP contribution in [0.1, 0.15) is 47.1 Å². The predicted octanol–water partition coefficient (Wildman–Crippen LogP) is 6.69. The smallest absolute Gasteiger partial charge is 0.306 e. The van der Waals surface area contributed by atoms with Crippen LogP contribution in [0.15, 0.2) is 54.6 Å². The van der Waals surface area contributed by atoms with Crippen molar-refractivity contribution in [1.82, 2.24) is 15.2 Å². The highest BCUT2D eigenvalue weighted by atomic mass is 35.5. The number of amides is 1. The largest absolute Gasteiger partial charge is 0.464 e. The first-order chi connectivity index (χ1) is 19.4. The molecule has 1 saturated heterocycles. The Labute approximate surface area is 250 Å². The molecule has 9 heteroatoms. The molecule has 1 aliphatic heterocycles. The fourth-order valence-corrected chi connectivity index (χ4v) is 7.13. The highest BCUT2D eigenvalue weighted by Gasteiger charge is 2.18. The summed E-state index contributed by atoms with van der Waals surface area (Å²) in [7, 11) is 3.56. The van der Waals surface area contributed by atoms with E-state index in [9.17, 15) is 9.59 Å². The van der Waals surface area contributed by atoms with Gasteiger partial charge in [-0.25, -0.2) is 4.98 Å². The van der Waals surface area contributed by atoms with E-state index in [4.69, 9.17) is 21.3 Å². The van der Waals surface area contributed by atoms with Crippen LogP contribution in [0.25, 0.3) is 23.1 Å². The number of carbonyl (C=O) groups excluding carboxylic acids is 2. The lowest BCUT2D eigenvalue weighted by atomic mass is 10.1. The lowest BCUT2D eigenvalue weighted by Crippen LogP contribution is -2.28. The molecule has 1 N–H and O–H groups in total. The average molecular weight is 598 g/mol. The Bertz CT molecular complexity index is 1330. The molecule has 0 aliphatic carbocycles. The molecule has 2 unspecified atom stereocenters. The third-order valence-corrected chi connectivity index (χ3v) is 9.65. The monoisotopic (exact) mass is 597 g/mol. The van der Waals surface area contributed by atoms with Crippen LogP contribution >= 0.6 is 35.1 Å². The van der Waals surface area contributed by atoms with Crippen LogP contribution in [0, 0.1) is 0 Å². The molecule has 2 heterocycles. The van der Waals surface area contributed by atoms with Crippen LogP contribution in [-0.2, 0) is 14.3 Å². The first-order valence-corrected chi connectivity index (χ1v) is 16.0. The minimum atomic E-state index is -0.159. The normalized spacial score (nSPS) is 15.9. The Kier molecular flexibility index (Phi) is 11.8. The van der Waals surface area contributed by atoms with E-state index >= 15 is 0 Å². The van der Waals surface area contributed by atoms with Gasteiger partial charge in [-0.1, -0.05) is 48.0 Å². The summed E-state index contributed by atoms with van der Waals surface area (Å²) >= 11 is 9.60. The third kappa shape index (κ3) is 9.54. The first kappa shape index (κ1) is 30.4. The number of fused-ring (bicyclic) bond motifs is 1. The SMILES string of the molecule is CN(C)C(=O)CCSC(SCCC(=O)OCC1CCCN1)c1cccc(/C=C/c2ccc3ccc(Cl)cc3n2)c1. The van der Waals surface area contributed by atoms with Crippen LogP contribution in [0.4, 0.5) is 0 Å². The minimum Gasteiger partial charge on any atom is -0.464 e. The predicted molar refractivity (Wildman–Crippen MR) is 170 cm³/mol. The summed E-state index contributed by atoms with van der Waals surface area (Å²) < 4.78 is 5.58. The summed E-state index contributed by atoms with van der Waals surface area (Å²) in [6.45, 7) is 1.44. The van der Waals surface area contributed by atoms with Crippen LogP contribution in [0.2, 0.25) is 5.02 Å². The maximum atomic E-state index is 12.3. The zero-order valence-corrected chi connectivity index (χ0v) is 25.4. The number of hydrogen-bond acceptors (Lipinski definition) is 7. The van der Waals surface area contributed by atoms with E-state index in [0.717, 1.165) is 47.1 Å². The quantitative estimate of drug-likeness (QED) is 0.174. The zero-order chi connectivity index (χ0) is 28.3. The van der Waals surface area contributed by atoms with Gasteiger partial charge in [0, 0.05) is 48.5 Å². The molecule has 1 aromatic heterocycles. The Hall–Kier alpha value is -2.52. The van der Waals surface area contributed by atoms with E-state index in [0.29, 0.717) is 36.0 Å². The fraction of sp³-hybridized carbons (Fsp3) is 0.387. The molecule has 40 heavy (non-hydrogen) atoms. The molecule has 1 amide bonds. The van der Waals surface area contributed by atoms with Gasteiger partial charge in [0.2, 0.25) is 5.91 Å². The van der Waals surface area contributed by atoms with E-state index in [-0.39, 0.29) is 22.5 Å². The van der Waals surface area contributed by atoms with Gasteiger partial charge in [-0.2, -0.15) is 0 Å². The van der Waals surface area contributed by atoms with Crippen LogP contribution in [-0.4, -0.2) is 66.6 Å². The second kappa shape index (κ2) is 15.5. The molecule has 212 valence electrons. The van der Waals surface area contributed by atoms with Gasteiger partial charge >= 0.3 is 5.97 Å². The van der Waals surface area contributed by atoms with Crippen LogP contribution < -0.4 is 5.32 Å². The molecule has 2 aromatic carbocycles. The Balaban J connectivity index is 1.39. The van der Waals surface area contributed by atoms with Crippen molar-refractivity contribution in [1.29, 1.82) is 0 Å². The Morgan fingerprint density at radius 3 is 2.67 bits per heavy atom. The van der Waals surface area contributed by atoms with E-state index in [1.165, 1.54) is 0 Å². The van der Waals surface area contributed by atoms with Gasteiger partial charge in [-0.3, -0.25) is 9.59 Å². The topological polar surface area (TPSA) is 71.5 Å². The number of hydrogen-bond donors (Lipinski definition) is 1. The summed E-state index contributed by atoms with van der Waals surface area (Å²) in [6, 6.07) is 18.4. The maximum absolute atomic E-state index is 12.3. The molecular weight excluding hydrogens is 562 g/mol. The van der Waals surface area contributed by atoms with Gasteiger partial charge in [0.05, 0.1) is 22.2 Å². The van der Waals surface area contributed by atoms with Crippen molar-refractivity contribution >= 4 is 70.1 Å². The molecule has 0 bridgehead atoms. The van der Waals surface area contributed by atoms with Crippen LogP contribution in [0.5, 0.6) is 0 Å². The van der Waals surface area contributed by atoms with Crippen molar-refractivity contribution in [3.05, 3.63) is 76.4 Å². The van der Waals surface area contributed by atoms with Crippen molar-refractivity contribution in [3.63, 3.8) is 0 Å². The summed E-state index contributed by atoms with van der Waals surface area (Å²) in [4.78, 5) is 30.8. The fourth-order valence-electron chi connectivity index (χ4n) is 4.32. The van der Waals surface area contributed by atoms with E-state index < -0.39 is 0 Å². The number of rotatable bonds is 13. The van der Waals surface area contributed by atoms with Crippen molar-refractivity contribution in [2.75, 3.05) is 38.8 Å². The number of aromatic nitrogens is 1. The van der Waals surface area contributed by atoms with Gasteiger partial charge in [0.15, 0.2) is 0 Å². The minimum absolute atomic E-state index is 0.0912. The van der Waals surface area contributed by atoms with Crippen LogP contribution in [0.3, 0.4) is 0 Å². The number of esters is 1. The standard InChI is InChI=1S/C31H36ClN3O3S2/c1-35(2)29(36)14-17-39-31(40-18-15-30(37)38-21-27-7-4-16-33-27)24-6-3-5-22(19-24)8-12-26-13-10-23-9-11-25(32)20-28(23)34-26/h3,5-6,8-13,19-20,27,31,33H,4,7,14-18,21H2,1-2H3/b12-8+. The summed E-state index contributed by atoms with van der Waals surface area (Å²) in [5.41, 5.74) is 3.93. The van der Waals surface area contributed by atoms with Crippen molar-refractivity contribution in [2.45, 2.75) is 36.3 Å². The highest BCUT2D eigenvalue weighted by Crippen LogP contribution is 2.40. The van der Waals surface area contributed by atoms with Crippen molar-refractivity contribution in [2.24, 2.45) is 0 Å². The summed E-state index contributed by atoms with van der Waals surface area (Å²) in [6.07, 6.45) is 7.08. The Morgan fingerprint density at radius 1 is 1.10 bits per heavy atom. The molecule has 1 aliphatic rings. The number of pyridine rings is 1. The molecule has 0 spiro atoms. The number of thioether (sulfide) groups is 2. The summed E-state index contributed by atoms with van der Waals surface area (Å²) in [5.74, 6) is 1.31. The number of benzene rings is 2. The van der Waals surface area contributed by atoms with Gasteiger partial charge < -0.3 is 15.0 Å². The lowest BCUT2D eigenvalue weighted by molar-refractivity contribution is -0.143. The second-order valence-electron chi connectivity index (χ2n) is 9.91. The van der Waals surface area contributed by atoms with E-state index in [1.807, 2.05) is 42.5 Å². The van der Waals surface area contributed by atoms with Gasteiger partial charge in [0.1, 0.15) is 6.61 Å². The lowest BCUT2D eigenvalue weighted by Gasteiger charge is -2.18. The second-order valence-corrected chi connectivity index (χ2v) is 13.1. The molecule has 3 aromatic rings. The molecule has 1 fully saturated rings. The van der Waals surface area contributed by atoms with Crippen molar-refractivity contribution < 1.29 is 14.3 Å². The Morgan fingerprint density at radius 2 is 1.90 bits per heavy atom. The first-order valence-electron chi connectivity index (χ1n) is 13.5. The molecule has 0 radical (unpaired) electrons. The molecular formula is C31H36ClN3O3S2. The molecule has 4 rings (SSSR count). The summed E-state index contributed by atoms with van der Waals surface area (Å²) in [5, 5.41) is 5.07. The molecule has 6 nitrogen and oxygen atoms in total. The van der Waals surface area contributed by atoms with E-state index in [2.05, 4.69) is 29.6 Å². The number of nitrogens with zero attached hydrogens (tertiary/aromatic N) is 2.